The molecule has 7 nitrogen and oxygen atoms in total. The van der Waals surface area contributed by atoms with Crippen molar-refractivity contribution in [2.24, 2.45) is 5.92 Å². The minimum Gasteiger partial charge on any atom is -0.491 e. The lowest BCUT2D eigenvalue weighted by atomic mass is 9.96. The molecule has 0 unspecified atom stereocenters. The molecule has 0 saturated carbocycles. The number of benzene rings is 1. The number of piperidine rings is 1. The first kappa shape index (κ1) is 20.1. The van der Waals surface area contributed by atoms with Crippen LogP contribution in [0.3, 0.4) is 0 Å². The Morgan fingerprint density at radius 1 is 1.07 bits per heavy atom. The van der Waals surface area contributed by atoms with E-state index in [-0.39, 0.29) is 22.8 Å². The van der Waals surface area contributed by atoms with Gasteiger partial charge in [-0.3, -0.25) is 4.79 Å². The Hall–Kier alpha value is -1.64. The highest BCUT2D eigenvalue weighted by atomic mass is 32.2. The van der Waals surface area contributed by atoms with Crippen LogP contribution in [-0.2, 0) is 19.6 Å². The summed E-state index contributed by atoms with van der Waals surface area (Å²) >= 11 is 0. The largest absolute Gasteiger partial charge is 0.491 e. The SMILES string of the molecule is CC(C)Oc1ccc(S(=O)(=O)N2CCC(C(=O)N3CCOCC3)CC2)cc1. The van der Waals surface area contributed by atoms with Gasteiger partial charge >= 0.3 is 0 Å². The summed E-state index contributed by atoms with van der Waals surface area (Å²) in [4.78, 5) is 14.7. The van der Waals surface area contributed by atoms with Crippen molar-refractivity contribution in [2.75, 3.05) is 39.4 Å². The monoisotopic (exact) mass is 396 g/mol. The molecule has 0 atom stereocenters. The average molecular weight is 397 g/mol. The molecule has 27 heavy (non-hydrogen) atoms. The zero-order valence-corrected chi connectivity index (χ0v) is 16.8. The maximum absolute atomic E-state index is 12.9. The van der Waals surface area contributed by atoms with Gasteiger partial charge in [0.25, 0.3) is 0 Å². The molecule has 1 amide bonds. The van der Waals surface area contributed by atoms with Crippen molar-refractivity contribution >= 4 is 15.9 Å². The molecular formula is C19H28N2O5S. The van der Waals surface area contributed by atoms with E-state index >= 15 is 0 Å². The van der Waals surface area contributed by atoms with Crippen molar-refractivity contribution in [3.05, 3.63) is 24.3 Å². The van der Waals surface area contributed by atoms with Crippen LogP contribution in [0, 0.1) is 5.92 Å². The fourth-order valence-electron chi connectivity index (χ4n) is 3.50. The molecule has 0 N–H and O–H groups in total. The Labute approximate surface area is 161 Å². The number of ether oxygens (including phenoxy) is 2. The molecule has 2 saturated heterocycles. The number of nitrogens with zero attached hydrogens (tertiary/aromatic N) is 2. The van der Waals surface area contributed by atoms with Crippen molar-refractivity contribution in [3.63, 3.8) is 0 Å². The normalized spacial score (nSPS) is 20.0. The van der Waals surface area contributed by atoms with Gasteiger partial charge in [0.1, 0.15) is 5.75 Å². The average Bonchev–Trinajstić information content (AvgIpc) is 2.68. The third-order valence-corrected chi connectivity index (χ3v) is 6.87. The van der Waals surface area contributed by atoms with Crippen LogP contribution in [0.4, 0.5) is 0 Å². The molecule has 150 valence electrons. The van der Waals surface area contributed by atoms with Gasteiger partial charge in [0.2, 0.25) is 15.9 Å². The summed E-state index contributed by atoms with van der Waals surface area (Å²) in [6.07, 6.45) is 1.16. The highest BCUT2D eigenvalue weighted by Crippen LogP contribution is 2.26. The molecule has 0 spiro atoms. The van der Waals surface area contributed by atoms with Gasteiger partial charge in [-0.1, -0.05) is 0 Å². The lowest BCUT2D eigenvalue weighted by molar-refractivity contribution is -0.140. The van der Waals surface area contributed by atoms with E-state index in [9.17, 15) is 13.2 Å². The summed E-state index contributed by atoms with van der Waals surface area (Å²) < 4.78 is 38.1. The minimum absolute atomic E-state index is 0.0375. The Morgan fingerprint density at radius 3 is 2.22 bits per heavy atom. The molecule has 0 aromatic heterocycles. The highest BCUT2D eigenvalue weighted by Gasteiger charge is 2.34. The predicted molar refractivity (Wildman–Crippen MR) is 101 cm³/mol. The lowest BCUT2D eigenvalue weighted by Crippen LogP contribution is -2.47. The van der Waals surface area contributed by atoms with Crippen LogP contribution in [0.2, 0.25) is 0 Å². The van der Waals surface area contributed by atoms with Crippen LogP contribution < -0.4 is 4.74 Å². The summed E-state index contributed by atoms with van der Waals surface area (Å²) in [6.45, 7) is 7.00. The van der Waals surface area contributed by atoms with Gasteiger partial charge in [0.05, 0.1) is 24.2 Å². The van der Waals surface area contributed by atoms with Gasteiger partial charge in [-0.2, -0.15) is 4.31 Å². The van der Waals surface area contributed by atoms with E-state index in [4.69, 9.17) is 9.47 Å². The van der Waals surface area contributed by atoms with Crippen molar-refractivity contribution in [1.82, 2.24) is 9.21 Å². The lowest BCUT2D eigenvalue weighted by Gasteiger charge is -2.35. The van der Waals surface area contributed by atoms with Gasteiger partial charge < -0.3 is 14.4 Å². The molecule has 2 aliphatic rings. The first-order valence-electron chi connectivity index (χ1n) is 9.51. The molecular weight excluding hydrogens is 368 g/mol. The highest BCUT2D eigenvalue weighted by molar-refractivity contribution is 7.89. The topological polar surface area (TPSA) is 76.2 Å². The second-order valence-electron chi connectivity index (χ2n) is 7.25. The molecule has 2 heterocycles. The number of amides is 1. The van der Waals surface area contributed by atoms with E-state index in [0.717, 1.165) is 0 Å². The molecule has 1 aromatic rings. The van der Waals surface area contributed by atoms with Crippen LogP contribution in [0.1, 0.15) is 26.7 Å². The summed E-state index contributed by atoms with van der Waals surface area (Å²) in [6, 6.07) is 6.53. The number of carbonyl (C=O) groups excluding carboxylic acids is 1. The first-order chi connectivity index (χ1) is 12.9. The van der Waals surface area contributed by atoms with E-state index in [0.29, 0.717) is 58.0 Å². The molecule has 1 aromatic carbocycles. The van der Waals surface area contributed by atoms with E-state index in [1.807, 2.05) is 18.7 Å². The first-order valence-corrected chi connectivity index (χ1v) is 11.0. The number of rotatable bonds is 5. The third kappa shape index (κ3) is 4.80. The molecule has 3 rings (SSSR count). The number of morpholine rings is 1. The fraction of sp³-hybridized carbons (Fsp3) is 0.632. The summed E-state index contributed by atoms with van der Waals surface area (Å²) in [7, 11) is -3.55. The van der Waals surface area contributed by atoms with Crippen LogP contribution in [0.5, 0.6) is 5.75 Å². The van der Waals surface area contributed by atoms with E-state index in [1.54, 1.807) is 24.3 Å². The number of sulfonamides is 1. The zero-order chi connectivity index (χ0) is 19.4. The standard InChI is InChI=1S/C19H28N2O5S/c1-15(2)26-17-3-5-18(6-4-17)27(23,24)21-9-7-16(8-10-21)19(22)20-11-13-25-14-12-20/h3-6,15-16H,7-14H2,1-2H3. The van der Waals surface area contributed by atoms with Crippen LogP contribution in [0.25, 0.3) is 0 Å². The Morgan fingerprint density at radius 2 is 1.67 bits per heavy atom. The van der Waals surface area contributed by atoms with Gasteiger partial charge in [0, 0.05) is 32.1 Å². The van der Waals surface area contributed by atoms with E-state index in [1.165, 1.54) is 4.31 Å². The second-order valence-corrected chi connectivity index (χ2v) is 9.19. The Bertz CT molecular complexity index is 734. The van der Waals surface area contributed by atoms with Gasteiger partial charge in [-0.15, -0.1) is 0 Å². The summed E-state index contributed by atoms with van der Waals surface area (Å²) in [5.74, 6) is 0.681. The Balaban J connectivity index is 1.60. The number of hydrogen-bond acceptors (Lipinski definition) is 5. The van der Waals surface area contributed by atoms with Crippen LogP contribution in [0.15, 0.2) is 29.2 Å². The molecule has 8 heteroatoms. The van der Waals surface area contributed by atoms with E-state index < -0.39 is 10.0 Å². The quantitative estimate of drug-likeness (QED) is 0.758. The zero-order valence-electron chi connectivity index (χ0n) is 16.0. The van der Waals surface area contributed by atoms with Crippen molar-refractivity contribution in [2.45, 2.75) is 37.7 Å². The van der Waals surface area contributed by atoms with Gasteiger partial charge in [-0.25, -0.2) is 8.42 Å². The summed E-state index contributed by atoms with van der Waals surface area (Å²) in [5, 5.41) is 0. The van der Waals surface area contributed by atoms with Crippen molar-refractivity contribution < 1.29 is 22.7 Å². The second kappa shape index (κ2) is 8.58. The predicted octanol–water partition coefficient (Wildman–Crippen LogP) is 1.73. The maximum Gasteiger partial charge on any atom is 0.243 e. The van der Waals surface area contributed by atoms with Gasteiger partial charge in [-0.05, 0) is 51.0 Å². The van der Waals surface area contributed by atoms with E-state index in [2.05, 4.69) is 0 Å². The summed E-state index contributed by atoms with van der Waals surface area (Å²) in [5.41, 5.74) is 0. The fourth-order valence-corrected chi connectivity index (χ4v) is 4.97. The molecule has 2 fully saturated rings. The molecule has 0 bridgehead atoms. The van der Waals surface area contributed by atoms with Crippen LogP contribution >= 0.6 is 0 Å². The maximum atomic E-state index is 12.9. The van der Waals surface area contributed by atoms with Crippen molar-refractivity contribution in [3.8, 4) is 5.75 Å². The van der Waals surface area contributed by atoms with Gasteiger partial charge in [0.15, 0.2) is 0 Å². The molecule has 2 aliphatic heterocycles. The molecule has 0 radical (unpaired) electrons. The van der Waals surface area contributed by atoms with Crippen LogP contribution in [-0.4, -0.2) is 69.0 Å². The number of hydrogen-bond donors (Lipinski definition) is 0. The number of carbonyl (C=O) groups is 1. The third-order valence-electron chi connectivity index (χ3n) is 4.96. The van der Waals surface area contributed by atoms with Crippen molar-refractivity contribution in [1.29, 1.82) is 0 Å². The smallest absolute Gasteiger partial charge is 0.243 e. The molecule has 0 aliphatic carbocycles. The Kier molecular flexibility index (Phi) is 6.39. The minimum atomic E-state index is -3.55.